The first-order chi connectivity index (χ1) is 15.1. The van der Waals surface area contributed by atoms with Crippen molar-refractivity contribution in [2.45, 2.75) is 89.8 Å². The number of allylic oxidation sites excluding steroid dienone is 1. The number of hydrogen-bond donors (Lipinski definition) is 1. The fourth-order valence-corrected chi connectivity index (χ4v) is 7.06. The van der Waals surface area contributed by atoms with Gasteiger partial charge in [-0.3, -0.25) is 0 Å². The van der Waals surface area contributed by atoms with Gasteiger partial charge in [0.25, 0.3) is 6.08 Å². The first-order valence-corrected chi connectivity index (χ1v) is 13.0. The highest BCUT2D eigenvalue weighted by atomic mass is 19.3. The van der Waals surface area contributed by atoms with Crippen LogP contribution in [0.25, 0.3) is 0 Å². The largest absolute Gasteiger partial charge is 0.396 e. The molecule has 1 saturated heterocycles. The highest BCUT2D eigenvalue weighted by Gasteiger charge is 2.37. The standard InChI is InChI=1S/C26H42F2O3/c27-25(28)15-19-3-5-20(6-4-19)21-9-11-22(12-10-21)24-16-30-26(31-17-24)23-7-1-18(2-8-23)13-14-29/h15,18-24,26,29H,1-14,16-17H2. The molecule has 1 aliphatic heterocycles. The van der Waals surface area contributed by atoms with E-state index in [1.165, 1.54) is 57.4 Å². The van der Waals surface area contributed by atoms with E-state index < -0.39 is 6.08 Å². The van der Waals surface area contributed by atoms with Gasteiger partial charge in [0.05, 0.1) is 13.2 Å². The summed E-state index contributed by atoms with van der Waals surface area (Å²) in [6, 6.07) is 0. The molecule has 0 bridgehead atoms. The van der Waals surface area contributed by atoms with E-state index in [0.29, 0.717) is 24.4 Å². The average Bonchev–Trinajstić information content (AvgIpc) is 2.80. The van der Waals surface area contributed by atoms with E-state index in [4.69, 9.17) is 14.6 Å². The second-order valence-corrected chi connectivity index (χ2v) is 10.9. The quantitative estimate of drug-likeness (QED) is 0.508. The van der Waals surface area contributed by atoms with Crippen LogP contribution < -0.4 is 0 Å². The third-order valence-electron chi connectivity index (χ3n) is 9.09. The predicted octanol–water partition coefficient (Wildman–Crippen LogP) is 6.56. The van der Waals surface area contributed by atoms with Crippen molar-refractivity contribution in [3.05, 3.63) is 12.2 Å². The van der Waals surface area contributed by atoms with Crippen LogP contribution in [0.2, 0.25) is 0 Å². The van der Waals surface area contributed by atoms with Gasteiger partial charge in [0.15, 0.2) is 6.29 Å². The number of ether oxygens (including phenoxy) is 2. The summed E-state index contributed by atoms with van der Waals surface area (Å²) in [7, 11) is 0. The van der Waals surface area contributed by atoms with E-state index in [2.05, 4.69) is 0 Å². The Labute approximate surface area is 187 Å². The zero-order chi connectivity index (χ0) is 21.6. The first-order valence-electron chi connectivity index (χ1n) is 13.0. The van der Waals surface area contributed by atoms with Crippen LogP contribution in [-0.2, 0) is 9.47 Å². The fourth-order valence-electron chi connectivity index (χ4n) is 7.06. The molecule has 0 amide bonds. The van der Waals surface area contributed by atoms with Crippen LogP contribution in [-0.4, -0.2) is 31.2 Å². The molecule has 1 N–H and O–H groups in total. The Morgan fingerprint density at radius 1 is 0.677 bits per heavy atom. The van der Waals surface area contributed by atoms with Crippen molar-refractivity contribution in [1.29, 1.82) is 0 Å². The Balaban J connectivity index is 1.14. The van der Waals surface area contributed by atoms with Gasteiger partial charge in [-0.2, -0.15) is 8.78 Å². The summed E-state index contributed by atoms with van der Waals surface area (Å²) in [5, 5.41) is 9.14. The predicted molar refractivity (Wildman–Crippen MR) is 118 cm³/mol. The summed E-state index contributed by atoms with van der Waals surface area (Å²) in [5.74, 6) is 4.12. The molecule has 4 rings (SSSR count). The second-order valence-electron chi connectivity index (χ2n) is 10.9. The van der Waals surface area contributed by atoms with Crippen LogP contribution in [0.4, 0.5) is 8.78 Å². The van der Waals surface area contributed by atoms with Crippen molar-refractivity contribution in [2.75, 3.05) is 19.8 Å². The molecule has 4 fully saturated rings. The molecule has 5 heteroatoms. The van der Waals surface area contributed by atoms with Crippen LogP contribution in [0.15, 0.2) is 12.2 Å². The minimum atomic E-state index is -1.50. The van der Waals surface area contributed by atoms with Gasteiger partial charge in [0, 0.05) is 18.4 Å². The minimum absolute atomic E-state index is 0.0129. The number of aliphatic hydroxyl groups excluding tert-OH is 1. The van der Waals surface area contributed by atoms with Gasteiger partial charge in [0.1, 0.15) is 0 Å². The molecule has 4 aliphatic rings. The number of hydrogen-bond acceptors (Lipinski definition) is 3. The highest BCUT2D eigenvalue weighted by Crippen LogP contribution is 2.44. The van der Waals surface area contributed by atoms with Crippen LogP contribution in [0.1, 0.15) is 83.5 Å². The van der Waals surface area contributed by atoms with Crippen molar-refractivity contribution < 1.29 is 23.4 Å². The van der Waals surface area contributed by atoms with Crippen LogP contribution in [0.3, 0.4) is 0 Å². The molecule has 178 valence electrons. The maximum Gasteiger partial charge on any atom is 0.266 e. The number of halogens is 2. The van der Waals surface area contributed by atoms with Crippen molar-refractivity contribution in [1.82, 2.24) is 0 Å². The van der Waals surface area contributed by atoms with Gasteiger partial charge in [-0.05, 0) is 119 Å². The van der Waals surface area contributed by atoms with Gasteiger partial charge >= 0.3 is 0 Å². The Morgan fingerprint density at radius 2 is 1.16 bits per heavy atom. The molecule has 0 unspecified atom stereocenters. The van der Waals surface area contributed by atoms with Crippen LogP contribution in [0, 0.1) is 41.4 Å². The number of rotatable bonds is 6. The monoisotopic (exact) mass is 440 g/mol. The molecule has 1 heterocycles. The Morgan fingerprint density at radius 3 is 1.68 bits per heavy atom. The topological polar surface area (TPSA) is 38.7 Å². The van der Waals surface area contributed by atoms with Crippen molar-refractivity contribution >= 4 is 0 Å². The SMILES string of the molecule is OCCC1CCC(C2OCC(C3CCC(C4CCC(C=C(F)F)CC4)CC3)CO2)CC1. The van der Waals surface area contributed by atoms with Crippen LogP contribution >= 0.6 is 0 Å². The van der Waals surface area contributed by atoms with Crippen molar-refractivity contribution in [3.8, 4) is 0 Å². The van der Waals surface area contributed by atoms with Gasteiger partial charge in [-0.15, -0.1) is 0 Å². The summed E-state index contributed by atoms with van der Waals surface area (Å²) < 4.78 is 37.4. The molecule has 3 nitrogen and oxygen atoms in total. The Kier molecular flexibility index (Phi) is 8.81. The van der Waals surface area contributed by atoms with E-state index in [1.807, 2.05) is 0 Å². The zero-order valence-corrected chi connectivity index (χ0v) is 19.0. The zero-order valence-electron chi connectivity index (χ0n) is 19.0. The molecule has 0 atom stereocenters. The Bertz CT molecular complexity index is 547. The smallest absolute Gasteiger partial charge is 0.266 e. The van der Waals surface area contributed by atoms with E-state index in [-0.39, 0.29) is 12.2 Å². The lowest BCUT2D eigenvalue weighted by Crippen LogP contribution is -2.41. The molecule has 0 spiro atoms. The molecule has 0 aromatic heterocycles. The maximum atomic E-state index is 12.5. The lowest BCUT2D eigenvalue weighted by molar-refractivity contribution is -0.237. The lowest BCUT2D eigenvalue weighted by atomic mass is 9.67. The second kappa shape index (κ2) is 11.6. The minimum Gasteiger partial charge on any atom is -0.396 e. The summed E-state index contributed by atoms with van der Waals surface area (Å²) in [6.07, 6.45) is 14.6. The van der Waals surface area contributed by atoms with E-state index >= 15 is 0 Å². The Hall–Kier alpha value is -0.520. The van der Waals surface area contributed by atoms with E-state index in [0.717, 1.165) is 63.1 Å². The van der Waals surface area contributed by atoms with E-state index in [1.54, 1.807) is 0 Å². The van der Waals surface area contributed by atoms with Crippen molar-refractivity contribution in [3.63, 3.8) is 0 Å². The first kappa shape index (κ1) is 23.6. The van der Waals surface area contributed by atoms with Crippen LogP contribution in [0.5, 0.6) is 0 Å². The third kappa shape index (κ3) is 6.51. The molecule has 3 aliphatic carbocycles. The summed E-state index contributed by atoms with van der Waals surface area (Å²) in [6.45, 7) is 2.01. The molecule has 3 saturated carbocycles. The maximum absolute atomic E-state index is 12.5. The summed E-state index contributed by atoms with van der Waals surface area (Å²) in [4.78, 5) is 0. The molecule has 0 radical (unpaired) electrons. The molecular formula is C26H42F2O3. The molecule has 0 aromatic rings. The molecule has 31 heavy (non-hydrogen) atoms. The van der Waals surface area contributed by atoms with Gasteiger partial charge in [-0.1, -0.05) is 0 Å². The molecular weight excluding hydrogens is 398 g/mol. The molecule has 0 aromatic carbocycles. The fraction of sp³-hybridized carbons (Fsp3) is 0.923. The lowest BCUT2D eigenvalue weighted by Gasteiger charge is -2.42. The van der Waals surface area contributed by atoms with Gasteiger partial charge in [0.2, 0.25) is 0 Å². The number of aliphatic hydroxyl groups is 1. The summed E-state index contributed by atoms with van der Waals surface area (Å²) >= 11 is 0. The third-order valence-corrected chi connectivity index (χ3v) is 9.09. The van der Waals surface area contributed by atoms with Crippen molar-refractivity contribution in [2.24, 2.45) is 41.4 Å². The summed E-state index contributed by atoms with van der Waals surface area (Å²) in [5.41, 5.74) is 0. The average molecular weight is 441 g/mol. The highest BCUT2D eigenvalue weighted by molar-refractivity contribution is 4.92. The van der Waals surface area contributed by atoms with E-state index in [9.17, 15) is 8.78 Å². The van der Waals surface area contributed by atoms with Gasteiger partial charge < -0.3 is 14.6 Å². The van der Waals surface area contributed by atoms with Gasteiger partial charge in [-0.25, -0.2) is 0 Å². The normalized spacial score (nSPS) is 42.2.